The minimum absolute atomic E-state index is 0.0322. The van der Waals surface area contributed by atoms with Gasteiger partial charge in [-0.1, -0.05) is 117 Å². The summed E-state index contributed by atoms with van der Waals surface area (Å²) in [6.45, 7) is 5.40. The molecule has 0 bridgehead atoms. The maximum absolute atomic E-state index is 13.6. The minimum atomic E-state index is -0.0322. The van der Waals surface area contributed by atoms with Gasteiger partial charge in [-0.2, -0.15) is 5.10 Å². The number of hydrogen-bond acceptors (Lipinski definition) is 5. The summed E-state index contributed by atoms with van der Waals surface area (Å²) in [5, 5.41) is 5.62. The smallest absolute Gasteiger partial charge is 0.266 e. The van der Waals surface area contributed by atoms with E-state index in [4.69, 9.17) is 33.7 Å². The highest BCUT2D eigenvalue weighted by atomic mass is 35.5. The molecule has 5 nitrogen and oxygen atoms in total. The topological polar surface area (TPSA) is 47.4 Å². The lowest BCUT2D eigenvalue weighted by Gasteiger charge is -2.21. The molecule has 216 valence electrons. The average molecular weight is 616 g/mol. The van der Waals surface area contributed by atoms with Crippen LogP contribution in [0.2, 0.25) is 5.02 Å². The van der Waals surface area contributed by atoms with Crippen LogP contribution in [0.25, 0.3) is 23.0 Å². The molecule has 1 fully saturated rings. The molecule has 4 aromatic rings. The third kappa shape index (κ3) is 7.14. The van der Waals surface area contributed by atoms with Crippen molar-refractivity contribution >= 4 is 51.9 Å². The number of aromatic nitrogens is 2. The molecule has 1 saturated heterocycles. The van der Waals surface area contributed by atoms with E-state index < -0.39 is 0 Å². The van der Waals surface area contributed by atoms with Gasteiger partial charge < -0.3 is 4.74 Å². The van der Waals surface area contributed by atoms with Gasteiger partial charge >= 0.3 is 0 Å². The molecule has 0 spiro atoms. The highest BCUT2D eigenvalue weighted by molar-refractivity contribution is 8.26. The molecular formula is C34H34ClN3O2S2. The van der Waals surface area contributed by atoms with Gasteiger partial charge in [-0.05, 0) is 48.7 Å². The maximum atomic E-state index is 13.6. The molecule has 42 heavy (non-hydrogen) atoms. The Morgan fingerprint density at radius 3 is 2.60 bits per heavy atom. The molecule has 1 aliphatic heterocycles. The minimum Gasteiger partial charge on any atom is -0.489 e. The Morgan fingerprint density at radius 1 is 1.05 bits per heavy atom. The van der Waals surface area contributed by atoms with Crippen molar-refractivity contribution in [3.63, 3.8) is 0 Å². The van der Waals surface area contributed by atoms with Gasteiger partial charge in [-0.15, -0.1) is 0 Å². The summed E-state index contributed by atoms with van der Waals surface area (Å²) in [4.78, 5) is 16.0. The number of thiocarbonyl (C=S) groups is 1. The van der Waals surface area contributed by atoms with Gasteiger partial charge in [0.05, 0.1) is 10.6 Å². The molecule has 0 saturated carbocycles. The van der Waals surface area contributed by atoms with Crippen LogP contribution in [-0.4, -0.2) is 31.5 Å². The Hall–Kier alpha value is -3.39. The second-order valence-electron chi connectivity index (χ2n) is 10.3. The van der Waals surface area contributed by atoms with Gasteiger partial charge in [-0.3, -0.25) is 9.69 Å². The number of nitrogens with zero attached hydrogens (tertiary/aromatic N) is 3. The lowest BCUT2D eigenvalue weighted by atomic mass is 9.99. The summed E-state index contributed by atoms with van der Waals surface area (Å²) >= 11 is 13.4. The zero-order valence-corrected chi connectivity index (χ0v) is 26.2. The first kappa shape index (κ1) is 30.1. The molecule has 0 radical (unpaired) electrons. The summed E-state index contributed by atoms with van der Waals surface area (Å²) in [5.41, 5.74) is 4.32. The van der Waals surface area contributed by atoms with Crippen molar-refractivity contribution in [2.75, 3.05) is 6.54 Å². The highest BCUT2D eigenvalue weighted by Gasteiger charge is 2.33. The molecule has 1 amide bonds. The van der Waals surface area contributed by atoms with E-state index in [1.165, 1.54) is 11.8 Å². The SMILES string of the molecule is CCCCC(CC)CN1C(=O)/C(=C/c2cn(-c3ccccc3)nc2-c2cccc(OCc3ccccc3Cl)c2)SC1=S. The van der Waals surface area contributed by atoms with Crippen molar-refractivity contribution in [3.8, 4) is 22.7 Å². The number of para-hydroxylation sites is 1. The predicted molar refractivity (Wildman–Crippen MR) is 178 cm³/mol. The quantitative estimate of drug-likeness (QED) is 0.117. The summed E-state index contributed by atoms with van der Waals surface area (Å²) in [6, 6.07) is 25.4. The third-order valence-corrected chi connectivity index (χ3v) is 9.11. The first-order valence-electron chi connectivity index (χ1n) is 14.3. The maximum Gasteiger partial charge on any atom is 0.266 e. The lowest BCUT2D eigenvalue weighted by Crippen LogP contribution is -2.33. The number of unbranched alkanes of at least 4 members (excludes halogenated alkanes) is 1. The summed E-state index contributed by atoms with van der Waals surface area (Å²) < 4.78 is 8.57. The van der Waals surface area contributed by atoms with Gasteiger partial charge in [0.1, 0.15) is 22.4 Å². The van der Waals surface area contributed by atoms with Crippen LogP contribution in [-0.2, 0) is 11.4 Å². The zero-order valence-electron chi connectivity index (χ0n) is 23.8. The van der Waals surface area contributed by atoms with E-state index >= 15 is 0 Å². The van der Waals surface area contributed by atoms with Crippen LogP contribution in [0, 0.1) is 5.92 Å². The van der Waals surface area contributed by atoms with E-state index in [1.54, 1.807) is 4.90 Å². The molecule has 1 aromatic heterocycles. The van der Waals surface area contributed by atoms with Crippen LogP contribution >= 0.6 is 35.6 Å². The lowest BCUT2D eigenvalue weighted by molar-refractivity contribution is -0.122. The molecular weight excluding hydrogens is 582 g/mol. The van der Waals surface area contributed by atoms with Crippen LogP contribution in [0.3, 0.4) is 0 Å². The van der Waals surface area contributed by atoms with Crippen molar-refractivity contribution < 1.29 is 9.53 Å². The number of hydrogen-bond donors (Lipinski definition) is 0. The van der Waals surface area contributed by atoms with E-state index in [1.807, 2.05) is 95.8 Å². The van der Waals surface area contributed by atoms with Crippen molar-refractivity contribution in [1.29, 1.82) is 0 Å². The number of amides is 1. The molecule has 1 aliphatic rings. The molecule has 2 heterocycles. The Bertz CT molecular complexity index is 1580. The fourth-order valence-corrected chi connectivity index (χ4v) is 6.37. The fraction of sp³-hybridized carbons (Fsp3) is 0.265. The normalized spacial score (nSPS) is 15.0. The number of carbonyl (C=O) groups is 1. The molecule has 0 N–H and O–H groups in total. The van der Waals surface area contributed by atoms with Gasteiger partial charge in [0, 0.05) is 34.5 Å². The van der Waals surface area contributed by atoms with Crippen molar-refractivity contribution in [3.05, 3.63) is 106 Å². The third-order valence-electron chi connectivity index (χ3n) is 7.37. The van der Waals surface area contributed by atoms with E-state index in [0.717, 1.165) is 53.8 Å². The second-order valence-corrected chi connectivity index (χ2v) is 12.4. The first-order valence-corrected chi connectivity index (χ1v) is 15.9. The van der Waals surface area contributed by atoms with E-state index in [0.29, 0.717) is 39.1 Å². The number of rotatable bonds is 12. The molecule has 0 aliphatic carbocycles. The first-order chi connectivity index (χ1) is 20.5. The number of benzene rings is 3. The van der Waals surface area contributed by atoms with Crippen LogP contribution in [0.4, 0.5) is 0 Å². The summed E-state index contributed by atoms with van der Waals surface area (Å²) in [6.07, 6.45) is 8.32. The number of ether oxygens (including phenoxy) is 1. The van der Waals surface area contributed by atoms with Crippen molar-refractivity contribution in [2.24, 2.45) is 5.92 Å². The van der Waals surface area contributed by atoms with Crippen LogP contribution in [0.5, 0.6) is 5.75 Å². The number of carbonyl (C=O) groups excluding carboxylic acids is 1. The standard InChI is InChI=1S/C34H34ClN3O2S2/c1-3-5-12-24(4-2)21-37-33(39)31(42-34(37)41)20-27-22-38(28-15-7-6-8-16-28)36-32(27)25-14-11-17-29(19-25)40-23-26-13-9-10-18-30(26)35/h6-11,13-20,22,24H,3-5,12,21,23H2,1-2H3/b31-20-. The fourth-order valence-electron chi connectivity index (χ4n) is 4.91. The average Bonchev–Trinajstić information content (AvgIpc) is 3.55. The predicted octanol–water partition coefficient (Wildman–Crippen LogP) is 9.19. The Labute approximate surface area is 262 Å². The zero-order chi connectivity index (χ0) is 29.5. The van der Waals surface area contributed by atoms with Crippen LogP contribution < -0.4 is 4.74 Å². The number of thioether (sulfide) groups is 1. The summed E-state index contributed by atoms with van der Waals surface area (Å²) in [5.74, 6) is 1.11. The van der Waals surface area contributed by atoms with Crippen LogP contribution in [0.1, 0.15) is 50.7 Å². The van der Waals surface area contributed by atoms with E-state index in [9.17, 15) is 4.79 Å². The molecule has 1 unspecified atom stereocenters. The Balaban J connectivity index is 1.45. The molecule has 3 aromatic carbocycles. The molecule has 8 heteroatoms. The molecule has 5 rings (SSSR count). The van der Waals surface area contributed by atoms with Gasteiger partial charge in [0.15, 0.2) is 0 Å². The van der Waals surface area contributed by atoms with Gasteiger partial charge in [-0.25, -0.2) is 4.68 Å². The summed E-state index contributed by atoms with van der Waals surface area (Å²) in [7, 11) is 0. The van der Waals surface area contributed by atoms with Gasteiger partial charge in [0.2, 0.25) is 0 Å². The highest BCUT2D eigenvalue weighted by Crippen LogP contribution is 2.36. The van der Waals surface area contributed by atoms with Crippen molar-refractivity contribution in [1.82, 2.24) is 14.7 Å². The Kier molecular flexibility index (Phi) is 10.2. The van der Waals surface area contributed by atoms with Crippen molar-refractivity contribution in [2.45, 2.75) is 46.1 Å². The van der Waals surface area contributed by atoms with E-state index in [2.05, 4.69) is 13.8 Å². The molecule has 1 atom stereocenters. The van der Waals surface area contributed by atoms with Crippen LogP contribution in [0.15, 0.2) is 90.0 Å². The van der Waals surface area contributed by atoms with E-state index in [-0.39, 0.29) is 5.91 Å². The monoisotopic (exact) mass is 615 g/mol. The Morgan fingerprint density at radius 2 is 1.83 bits per heavy atom. The number of halogens is 1. The largest absolute Gasteiger partial charge is 0.489 e. The second kappa shape index (κ2) is 14.2. The van der Waals surface area contributed by atoms with Gasteiger partial charge in [0.25, 0.3) is 5.91 Å².